The first-order chi connectivity index (χ1) is 15.8. The summed E-state index contributed by atoms with van der Waals surface area (Å²) < 4.78 is 0. The summed E-state index contributed by atoms with van der Waals surface area (Å²) in [5, 5.41) is 10.3. The number of benzene rings is 3. The molecule has 0 fully saturated rings. The van der Waals surface area contributed by atoms with E-state index in [4.69, 9.17) is 0 Å². The number of hydrogen-bond acceptors (Lipinski definition) is 1. The average molecular weight is 482 g/mol. The average Bonchev–Trinajstić information content (AvgIpc) is 3.00. The fourth-order valence-electron chi connectivity index (χ4n) is 3.29. The summed E-state index contributed by atoms with van der Waals surface area (Å²) >= 11 is 0. The van der Waals surface area contributed by atoms with Crippen LogP contribution in [0.3, 0.4) is 0 Å². The third-order valence-electron chi connectivity index (χ3n) is 5.59. The van der Waals surface area contributed by atoms with Crippen molar-refractivity contribution in [2.75, 3.05) is 0 Å². The zero-order valence-corrected chi connectivity index (χ0v) is 22.4. The first-order valence-electron chi connectivity index (χ1n) is 11.3. The van der Waals surface area contributed by atoms with E-state index in [9.17, 15) is 5.11 Å². The second-order valence-corrected chi connectivity index (χ2v) is 8.48. The van der Waals surface area contributed by atoms with Gasteiger partial charge < -0.3 is 5.11 Å². The Morgan fingerprint density at radius 1 is 0.647 bits per heavy atom. The number of rotatable bonds is 3. The molecule has 0 aliphatic heterocycles. The first kappa shape index (κ1) is 29.2. The second-order valence-electron chi connectivity index (χ2n) is 8.48. The van der Waals surface area contributed by atoms with E-state index in [1.54, 1.807) is 12.1 Å². The number of allylic oxidation sites excluding steroid dienone is 6. The van der Waals surface area contributed by atoms with Gasteiger partial charge in [-0.3, -0.25) is 6.08 Å². The molecule has 3 aromatic rings. The van der Waals surface area contributed by atoms with Crippen LogP contribution in [0.15, 0.2) is 120 Å². The van der Waals surface area contributed by atoms with Gasteiger partial charge in [0.1, 0.15) is 0 Å². The van der Waals surface area contributed by atoms with E-state index in [0.29, 0.717) is 0 Å². The van der Waals surface area contributed by atoms with Crippen LogP contribution >= 0.6 is 0 Å². The molecule has 0 spiro atoms. The van der Waals surface area contributed by atoms with Gasteiger partial charge in [-0.2, -0.15) is 11.1 Å². The maximum atomic E-state index is 10.3. The largest absolute Gasteiger partial charge is 2.00 e. The molecule has 0 saturated carbocycles. The van der Waals surface area contributed by atoms with Crippen LogP contribution in [0.25, 0.3) is 12.2 Å². The zero-order chi connectivity index (χ0) is 24.1. The van der Waals surface area contributed by atoms with Gasteiger partial charge in [0.15, 0.2) is 0 Å². The molecule has 0 aromatic heterocycles. The molecular formula is C32H34OTi. The van der Waals surface area contributed by atoms with Gasteiger partial charge in [-0.25, -0.2) is 5.57 Å². The van der Waals surface area contributed by atoms with Crippen molar-refractivity contribution in [1.29, 1.82) is 0 Å². The third kappa shape index (κ3) is 10.4. The van der Waals surface area contributed by atoms with Crippen molar-refractivity contribution in [2.24, 2.45) is 5.41 Å². The van der Waals surface area contributed by atoms with E-state index in [1.807, 2.05) is 42.5 Å². The monoisotopic (exact) mass is 482 g/mol. The van der Waals surface area contributed by atoms with Gasteiger partial charge >= 0.3 is 21.7 Å². The Bertz CT molecular complexity index is 1040. The molecule has 0 saturated heterocycles. The van der Waals surface area contributed by atoms with Gasteiger partial charge in [0.25, 0.3) is 0 Å². The van der Waals surface area contributed by atoms with Gasteiger partial charge in [-0.15, -0.1) is 12.7 Å². The van der Waals surface area contributed by atoms with E-state index in [-0.39, 0.29) is 32.9 Å². The van der Waals surface area contributed by atoms with Crippen molar-refractivity contribution in [1.82, 2.24) is 0 Å². The molecule has 0 unspecified atom stereocenters. The van der Waals surface area contributed by atoms with Gasteiger partial charge in [-0.1, -0.05) is 148 Å². The van der Waals surface area contributed by atoms with E-state index >= 15 is 0 Å². The van der Waals surface area contributed by atoms with Crippen LogP contribution in [-0.2, 0) is 21.7 Å². The Kier molecular flexibility index (Phi) is 13.0. The molecule has 1 aliphatic rings. The van der Waals surface area contributed by atoms with Crippen molar-refractivity contribution in [2.45, 2.75) is 34.6 Å². The standard InChI is InChI=1S/C16H14.C10H15.C6H6O.Ti/c1-3-9-15(10-4-1)13-7-8-14-16-11-5-2-6-12-16;1-7-6-10(4,5)9(3)8(7)2;7-6-4-2-1-3-5-6;/h1-14H;1-5H3;1-5,7H;/q;-1;;+2/p-1/b13-7+,14-8+;;;. The smallest absolute Gasteiger partial charge is 0.872 e. The minimum absolute atomic E-state index is 0. The molecule has 3 aromatic carbocycles. The van der Waals surface area contributed by atoms with Crippen molar-refractivity contribution in [3.63, 3.8) is 0 Å². The molecule has 4 rings (SSSR count). The predicted octanol–water partition coefficient (Wildman–Crippen LogP) is 8.28. The normalized spacial score (nSPS) is 14.0. The molecular weight excluding hydrogens is 448 g/mol. The Morgan fingerprint density at radius 3 is 1.26 bits per heavy atom. The molecule has 0 radical (unpaired) electrons. The summed E-state index contributed by atoms with van der Waals surface area (Å²) in [4.78, 5) is 0. The Labute approximate surface area is 221 Å². The van der Waals surface area contributed by atoms with Gasteiger partial charge in [0.2, 0.25) is 0 Å². The van der Waals surface area contributed by atoms with Crippen LogP contribution in [0, 0.1) is 11.5 Å². The van der Waals surface area contributed by atoms with Crippen molar-refractivity contribution in [3.05, 3.63) is 137 Å². The maximum absolute atomic E-state index is 10.3. The van der Waals surface area contributed by atoms with Crippen molar-refractivity contribution in [3.8, 4) is 5.75 Å². The molecule has 1 aliphatic carbocycles. The molecule has 0 heterocycles. The molecule has 2 heteroatoms. The van der Waals surface area contributed by atoms with Crippen LogP contribution < -0.4 is 5.11 Å². The minimum Gasteiger partial charge on any atom is -0.872 e. The van der Waals surface area contributed by atoms with Crippen molar-refractivity contribution < 1.29 is 26.8 Å². The number of para-hydroxylation sites is 1. The zero-order valence-electron chi connectivity index (χ0n) is 20.9. The van der Waals surface area contributed by atoms with Crippen LogP contribution in [0.4, 0.5) is 0 Å². The molecule has 1 nitrogen and oxygen atoms in total. The maximum Gasteiger partial charge on any atom is 2.00 e. The predicted molar refractivity (Wildman–Crippen MR) is 141 cm³/mol. The molecule has 172 valence electrons. The van der Waals surface area contributed by atoms with E-state index in [2.05, 4.69) is 89.3 Å². The van der Waals surface area contributed by atoms with E-state index in [1.165, 1.54) is 40.0 Å². The SMILES string of the molecule is C(/C=C/c1ccccc1)=C\c1ccccc1.CC1=[C-]C(C)(C)C(C)=C1C.[O-]c1ccccc1.[Ti+2]. The molecule has 0 atom stereocenters. The second kappa shape index (κ2) is 15.1. The molecule has 0 N–H and O–H groups in total. The Hall–Kier alpha value is -2.87. The molecule has 0 amide bonds. The fourth-order valence-corrected chi connectivity index (χ4v) is 3.29. The summed E-state index contributed by atoms with van der Waals surface area (Å²) in [5.74, 6) is 0.0718. The summed E-state index contributed by atoms with van der Waals surface area (Å²) in [6, 6.07) is 28.9. The van der Waals surface area contributed by atoms with Gasteiger partial charge in [0.05, 0.1) is 0 Å². The number of hydrogen-bond donors (Lipinski definition) is 0. The van der Waals surface area contributed by atoms with Crippen LogP contribution in [0.1, 0.15) is 45.7 Å². The van der Waals surface area contributed by atoms with E-state index in [0.717, 1.165) is 0 Å². The minimum atomic E-state index is 0. The van der Waals surface area contributed by atoms with Crippen LogP contribution in [-0.4, -0.2) is 0 Å². The summed E-state index contributed by atoms with van der Waals surface area (Å²) in [6.45, 7) is 10.9. The Morgan fingerprint density at radius 2 is 1.03 bits per heavy atom. The van der Waals surface area contributed by atoms with Crippen molar-refractivity contribution >= 4 is 12.2 Å². The molecule has 34 heavy (non-hydrogen) atoms. The van der Waals surface area contributed by atoms with Crippen LogP contribution in [0.2, 0.25) is 0 Å². The molecule has 0 bridgehead atoms. The third-order valence-corrected chi connectivity index (χ3v) is 5.59. The van der Waals surface area contributed by atoms with Gasteiger partial charge in [-0.05, 0) is 11.1 Å². The quantitative estimate of drug-likeness (QED) is 0.209. The Balaban J connectivity index is 0.000000275. The van der Waals surface area contributed by atoms with Gasteiger partial charge in [0, 0.05) is 0 Å². The van der Waals surface area contributed by atoms with E-state index < -0.39 is 0 Å². The summed E-state index contributed by atoms with van der Waals surface area (Å²) in [7, 11) is 0. The van der Waals surface area contributed by atoms with Crippen LogP contribution in [0.5, 0.6) is 5.75 Å². The first-order valence-corrected chi connectivity index (χ1v) is 11.3. The topological polar surface area (TPSA) is 23.1 Å². The summed E-state index contributed by atoms with van der Waals surface area (Å²) in [6.07, 6.45) is 11.7. The summed E-state index contributed by atoms with van der Waals surface area (Å²) in [5.41, 5.74) is 6.84. The fraction of sp³-hybridized carbons (Fsp3) is 0.188.